The summed E-state index contributed by atoms with van der Waals surface area (Å²) < 4.78 is 0. The van der Waals surface area contributed by atoms with Crippen molar-refractivity contribution in [1.29, 1.82) is 0 Å². The van der Waals surface area contributed by atoms with E-state index in [0.29, 0.717) is 18.1 Å². The molecule has 0 bridgehead atoms. The van der Waals surface area contributed by atoms with Crippen molar-refractivity contribution in [3.8, 4) is 0 Å². The van der Waals surface area contributed by atoms with Gasteiger partial charge in [0.05, 0.1) is 0 Å². The van der Waals surface area contributed by atoms with E-state index in [1.54, 1.807) is 0 Å². The number of ketones is 1. The number of Topliss-reactive ketones (excluding diaryl/α,β-unsaturated/α-hetero) is 1. The molecule has 0 aromatic heterocycles. The number of carbonyl (C=O) groups excluding carboxylic acids is 1. The first-order valence-electron chi connectivity index (χ1n) is 6.17. The zero-order valence-electron chi connectivity index (χ0n) is 10.4. The summed E-state index contributed by atoms with van der Waals surface area (Å²) in [4.78, 5) is 12.0. The number of hydrogen-bond acceptors (Lipinski definition) is 1. The van der Waals surface area contributed by atoms with Gasteiger partial charge in [-0.25, -0.2) is 0 Å². The van der Waals surface area contributed by atoms with Crippen LogP contribution in [0.5, 0.6) is 0 Å². The molecule has 1 aliphatic rings. The zero-order valence-corrected chi connectivity index (χ0v) is 10.4. The Labute approximate surface area is 97.9 Å². The second-order valence-corrected chi connectivity index (χ2v) is 5.19. The van der Waals surface area contributed by atoms with Crippen LogP contribution in [0.15, 0.2) is 18.2 Å². The second kappa shape index (κ2) is 4.40. The molecule has 2 rings (SSSR count). The summed E-state index contributed by atoms with van der Waals surface area (Å²) in [5.74, 6) is 1.35. The normalized spacial score (nSPS) is 17.2. The Hall–Kier alpha value is -1.11. The average Bonchev–Trinajstić information content (AvgIpc) is 3.06. The molecule has 0 aliphatic heterocycles. The van der Waals surface area contributed by atoms with Crippen molar-refractivity contribution in [3.63, 3.8) is 0 Å². The fourth-order valence-electron chi connectivity index (χ4n) is 2.13. The van der Waals surface area contributed by atoms with Gasteiger partial charge < -0.3 is 0 Å². The molecule has 1 aliphatic carbocycles. The summed E-state index contributed by atoms with van der Waals surface area (Å²) in [5, 5.41) is 0. The van der Waals surface area contributed by atoms with Crippen LogP contribution < -0.4 is 0 Å². The van der Waals surface area contributed by atoms with E-state index in [2.05, 4.69) is 39.0 Å². The Kier molecular flexibility index (Phi) is 3.13. The summed E-state index contributed by atoms with van der Waals surface area (Å²) in [5.41, 5.74) is 3.75. The quantitative estimate of drug-likeness (QED) is 0.753. The van der Waals surface area contributed by atoms with Crippen LogP contribution in [0, 0.1) is 25.7 Å². The number of carbonyl (C=O) groups is 1. The van der Waals surface area contributed by atoms with Gasteiger partial charge >= 0.3 is 0 Å². The molecule has 1 saturated carbocycles. The molecule has 0 saturated heterocycles. The Bertz CT molecular complexity index is 402. The summed E-state index contributed by atoms with van der Waals surface area (Å²) in [6.45, 7) is 6.29. The van der Waals surface area contributed by atoms with E-state index in [-0.39, 0.29) is 5.92 Å². The first kappa shape index (κ1) is 11.4. The van der Waals surface area contributed by atoms with E-state index >= 15 is 0 Å². The van der Waals surface area contributed by atoms with E-state index in [1.165, 1.54) is 29.5 Å². The van der Waals surface area contributed by atoms with Crippen molar-refractivity contribution in [1.82, 2.24) is 0 Å². The van der Waals surface area contributed by atoms with Crippen molar-refractivity contribution >= 4 is 5.78 Å². The van der Waals surface area contributed by atoms with Crippen LogP contribution in [-0.4, -0.2) is 5.78 Å². The molecule has 16 heavy (non-hydrogen) atoms. The van der Waals surface area contributed by atoms with Gasteiger partial charge in [-0.1, -0.05) is 25.1 Å². The second-order valence-electron chi connectivity index (χ2n) is 5.19. The molecule has 0 spiro atoms. The highest BCUT2D eigenvalue weighted by atomic mass is 16.1. The third-order valence-electron chi connectivity index (χ3n) is 3.79. The van der Waals surface area contributed by atoms with E-state index in [0.717, 1.165) is 0 Å². The molecule has 0 radical (unpaired) electrons. The van der Waals surface area contributed by atoms with Gasteiger partial charge in [-0.15, -0.1) is 0 Å². The van der Waals surface area contributed by atoms with Gasteiger partial charge in [0.15, 0.2) is 0 Å². The Morgan fingerprint density at radius 2 is 2.00 bits per heavy atom. The van der Waals surface area contributed by atoms with Crippen molar-refractivity contribution in [2.75, 3.05) is 0 Å². The lowest BCUT2D eigenvalue weighted by Gasteiger charge is -2.09. The lowest BCUT2D eigenvalue weighted by molar-refractivity contribution is -0.122. The minimum absolute atomic E-state index is 0.265. The Morgan fingerprint density at radius 3 is 2.56 bits per heavy atom. The van der Waals surface area contributed by atoms with E-state index in [4.69, 9.17) is 0 Å². The first-order chi connectivity index (χ1) is 7.58. The highest BCUT2D eigenvalue weighted by Gasteiger charge is 2.32. The van der Waals surface area contributed by atoms with Crippen LogP contribution in [0.4, 0.5) is 0 Å². The largest absolute Gasteiger partial charge is 0.299 e. The van der Waals surface area contributed by atoms with Gasteiger partial charge in [-0.3, -0.25) is 4.79 Å². The third-order valence-corrected chi connectivity index (χ3v) is 3.79. The number of aryl methyl sites for hydroxylation is 2. The minimum Gasteiger partial charge on any atom is -0.299 e. The number of hydrogen-bond donors (Lipinski definition) is 0. The van der Waals surface area contributed by atoms with E-state index in [1.807, 2.05) is 0 Å². The van der Waals surface area contributed by atoms with Crippen LogP contribution in [-0.2, 0) is 11.2 Å². The van der Waals surface area contributed by atoms with Gasteiger partial charge in [0.2, 0.25) is 0 Å². The van der Waals surface area contributed by atoms with Crippen LogP contribution in [0.1, 0.15) is 36.5 Å². The standard InChI is InChI=1S/C15H20O/c1-10-4-5-13(8-11(10)2)9-15(16)12(3)14-6-7-14/h4-5,8,12,14H,6-7,9H2,1-3H3. The van der Waals surface area contributed by atoms with Crippen LogP contribution in [0.3, 0.4) is 0 Å². The third kappa shape index (κ3) is 2.52. The van der Waals surface area contributed by atoms with E-state index in [9.17, 15) is 4.79 Å². The van der Waals surface area contributed by atoms with Crippen molar-refractivity contribution in [2.45, 2.75) is 40.0 Å². The summed E-state index contributed by atoms with van der Waals surface area (Å²) in [6.07, 6.45) is 3.11. The molecule has 1 aromatic carbocycles. The maximum atomic E-state index is 12.0. The Morgan fingerprint density at radius 1 is 1.31 bits per heavy atom. The fraction of sp³-hybridized carbons (Fsp3) is 0.533. The monoisotopic (exact) mass is 216 g/mol. The van der Waals surface area contributed by atoms with Gasteiger partial charge in [0.25, 0.3) is 0 Å². The minimum atomic E-state index is 0.265. The van der Waals surface area contributed by atoms with Crippen LogP contribution in [0.2, 0.25) is 0 Å². The number of rotatable bonds is 4. The van der Waals surface area contributed by atoms with Crippen molar-refractivity contribution < 1.29 is 4.79 Å². The SMILES string of the molecule is Cc1ccc(CC(=O)C(C)C2CC2)cc1C. The molecule has 0 N–H and O–H groups in total. The smallest absolute Gasteiger partial charge is 0.140 e. The zero-order chi connectivity index (χ0) is 11.7. The summed E-state index contributed by atoms with van der Waals surface area (Å²) in [7, 11) is 0. The molecule has 86 valence electrons. The molecule has 0 amide bonds. The van der Waals surface area contributed by atoms with Crippen LogP contribution >= 0.6 is 0 Å². The maximum Gasteiger partial charge on any atom is 0.140 e. The molecule has 1 nitrogen and oxygen atoms in total. The highest BCUT2D eigenvalue weighted by molar-refractivity contribution is 5.83. The van der Waals surface area contributed by atoms with Gasteiger partial charge in [0.1, 0.15) is 5.78 Å². The molecule has 1 unspecified atom stereocenters. The van der Waals surface area contributed by atoms with Gasteiger partial charge in [0, 0.05) is 12.3 Å². The highest BCUT2D eigenvalue weighted by Crippen LogP contribution is 2.37. The summed E-state index contributed by atoms with van der Waals surface area (Å²) >= 11 is 0. The average molecular weight is 216 g/mol. The van der Waals surface area contributed by atoms with Gasteiger partial charge in [-0.2, -0.15) is 0 Å². The fourth-order valence-corrected chi connectivity index (χ4v) is 2.13. The molecule has 0 heterocycles. The van der Waals surface area contributed by atoms with Crippen molar-refractivity contribution in [2.24, 2.45) is 11.8 Å². The maximum absolute atomic E-state index is 12.0. The lowest BCUT2D eigenvalue weighted by atomic mass is 9.94. The molecule has 1 heteroatoms. The number of benzene rings is 1. The molecular formula is C15H20O. The molecular weight excluding hydrogens is 196 g/mol. The van der Waals surface area contributed by atoms with Gasteiger partial charge in [-0.05, 0) is 49.3 Å². The molecule has 1 fully saturated rings. The summed E-state index contributed by atoms with van der Waals surface area (Å²) in [6, 6.07) is 6.34. The van der Waals surface area contributed by atoms with Crippen molar-refractivity contribution in [3.05, 3.63) is 34.9 Å². The molecule has 1 atom stereocenters. The topological polar surface area (TPSA) is 17.1 Å². The molecule has 1 aromatic rings. The Balaban J connectivity index is 2.02. The van der Waals surface area contributed by atoms with Crippen LogP contribution in [0.25, 0.3) is 0 Å². The lowest BCUT2D eigenvalue weighted by Crippen LogP contribution is -2.15. The predicted octanol–water partition coefficient (Wildman–Crippen LogP) is 3.46. The van der Waals surface area contributed by atoms with E-state index < -0.39 is 0 Å². The first-order valence-corrected chi connectivity index (χ1v) is 6.17. The predicted molar refractivity (Wildman–Crippen MR) is 66.5 cm³/mol.